The van der Waals surface area contributed by atoms with Gasteiger partial charge in [-0.05, 0) is 51.9 Å². The van der Waals surface area contributed by atoms with E-state index in [1.54, 1.807) is 6.92 Å². The SMILES string of the molecule is CCC=CCC=CCC=CCC=CCC=CCC=CCCC(=O)NCCN(CCNC(=O)C1=CC(=O)C(C)(c2ccccc2)O1)CCN1CCNCC1. The molecule has 9 nitrogen and oxygen atoms in total. The van der Waals surface area contributed by atoms with E-state index < -0.39 is 11.5 Å². The van der Waals surface area contributed by atoms with Gasteiger partial charge in [0.2, 0.25) is 11.7 Å². The molecule has 53 heavy (non-hydrogen) atoms. The zero-order valence-corrected chi connectivity index (χ0v) is 32.1. The number of allylic oxidation sites excluding steroid dienone is 12. The summed E-state index contributed by atoms with van der Waals surface area (Å²) < 4.78 is 5.90. The number of benzene rings is 1. The van der Waals surface area contributed by atoms with E-state index in [0.29, 0.717) is 44.6 Å². The molecule has 2 aliphatic heterocycles. The van der Waals surface area contributed by atoms with Crippen molar-refractivity contribution in [3.63, 3.8) is 0 Å². The highest BCUT2D eigenvalue weighted by atomic mass is 16.5. The molecule has 1 fully saturated rings. The lowest BCUT2D eigenvalue weighted by Crippen LogP contribution is -2.48. The largest absolute Gasteiger partial charge is 0.469 e. The zero-order valence-electron chi connectivity index (χ0n) is 32.1. The molecule has 3 rings (SSSR count). The van der Waals surface area contributed by atoms with Crippen molar-refractivity contribution in [3.8, 4) is 0 Å². The molecule has 1 saturated heterocycles. The highest BCUT2D eigenvalue weighted by Gasteiger charge is 2.43. The van der Waals surface area contributed by atoms with E-state index in [1.807, 2.05) is 30.3 Å². The minimum absolute atomic E-state index is 0.0351. The van der Waals surface area contributed by atoms with Crippen LogP contribution in [0.5, 0.6) is 0 Å². The summed E-state index contributed by atoms with van der Waals surface area (Å²) in [7, 11) is 0. The number of ketones is 1. The molecule has 2 aliphatic rings. The molecular weight excluding hydrogens is 663 g/mol. The van der Waals surface area contributed by atoms with Crippen molar-refractivity contribution in [1.82, 2.24) is 25.8 Å². The van der Waals surface area contributed by atoms with Crippen molar-refractivity contribution in [1.29, 1.82) is 0 Å². The minimum Gasteiger partial charge on any atom is -0.469 e. The molecular formula is C44H63N5O4. The van der Waals surface area contributed by atoms with Crippen molar-refractivity contribution in [3.05, 3.63) is 121 Å². The van der Waals surface area contributed by atoms with Crippen LogP contribution in [0, 0.1) is 0 Å². The first-order chi connectivity index (χ1) is 25.9. The normalized spacial score (nSPS) is 18.5. The van der Waals surface area contributed by atoms with E-state index in [-0.39, 0.29) is 17.4 Å². The van der Waals surface area contributed by atoms with Crippen molar-refractivity contribution in [2.75, 3.05) is 65.4 Å². The fourth-order valence-electron chi connectivity index (χ4n) is 5.89. The van der Waals surface area contributed by atoms with Gasteiger partial charge in [0.05, 0.1) is 0 Å². The van der Waals surface area contributed by atoms with Gasteiger partial charge in [-0.2, -0.15) is 0 Å². The third-order valence-electron chi connectivity index (χ3n) is 9.14. The van der Waals surface area contributed by atoms with Crippen molar-refractivity contribution < 1.29 is 19.1 Å². The number of amides is 2. The zero-order chi connectivity index (χ0) is 37.8. The second kappa shape index (κ2) is 26.5. The fourth-order valence-corrected chi connectivity index (χ4v) is 5.89. The monoisotopic (exact) mass is 725 g/mol. The van der Waals surface area contributed by atoms with E-state index in [0.717, 1.165) is 77.8 Å². The van der Waals surface area contributed by atoms with Gasteiger partial charge in [-0.15, -0.1) is 0 Å². The third kappa shape index (κ3) is 17.8. The van der Waals surface area contributed by atoms with Crippen LogP contribution in [-0.2, 0) is 24.7 Å². The maximum absolute atomic E-state index is 12.9. The average molecular weight is 726 g/mol. The Morgan fingerprint density at radius 1 is 0.792 bits per heavy atom. The number of hydrogen-bond donors (Lipinski definition) is 3. The van der Waals surface area contributed by atoms with Gasteiger partial charge in [-0.3, -0.25) is 24.2 Å². The molecule has 3 N–H and O–H groups in total. The molecule has 9 heteroatoms. The Morgan fingerprint density at radius 2 is 1.34 bits per heavy atom. The molecule has 1 aromatic rings. The van der Waals surface area contributed by atoms with Crippen molar-refractivity contribution >= 4 is 17.6 Å². The van der Waals surface area contributed by atoms with E-state index >= 15 is 0 Å². The van der Waals surface area contributed by atoms with Crippen LogP contribution in [0.2, 0.25) is 0 Å². The molecule has 1 unspecified atom stereocenters. The topological polar surface area (TPSA) is 103 Å². The summed E-state index contributed by atoms with van der Waals surface area (Å²) in [5, 5.41) is 9.37. The lowest BCUT2D eigenvalue weighted by atomic mass is 9.92. The highest BCUT2D eigenvalue weighted by molar-refractivity contribution is 6.07. The van der Waals surface area contributed by atoms with Crippen LogP contribution < -0.4 is 16.0 Å². The standard InChI is InChI=1S/C44H63N5O4/c1-3-4-5-6-7-8-9-10-11-12-13-14-15-16-17-18-19-20-24-27-42(51)46-30-34-49(37-36-48-32-28-45-29-33-48)35-31-47-43(52)40-38-41(50)44(2,53-40)39-25-22-21-23-26-39/h4-5,7-8,10-11,13-14,16-17,19-23,25-26,38,45H,3,6,9,12,15,18,24,27-37H2,1-2H3,(H,46,51)(H,47,52). The molecule has 0 saturated carbocycles. The van der Waals surface area contributed by atoms with Gasteiger partial charge < -0.3 is 20.7 Å². The molecule has 2 amide bonds. The van der Waals surface area contributed by atoms with Crippen LogP contribution in [0.1, 0.15) is 70.8 Å². The molecule has 0 radical (unpaired) electrons. The molecule has 0 spiro atoms. The summed E-state index contributed by atoms with van der Waals surface area (Å²) in [4.78, 5) is 42.9. The van der Waals surface area contributed by atoms with Crippen LogP contribution in [0.4, 0.5) is 0 Å². The minimum atomic E-state index is -1.20. The second-order valence-corrected chi connectivity index (χ2v) is 13.4. The smallest absolute Gasteiger partial charge is 0.286 e. The number of nitrogens with zero attached hydrogens (tertiary/aromatic N) is 2. The third-order valence-corrected chi connectivity index (χ3v) is 9.14. The number of ether oxygens (including phenoxy) is 1. The van der Waals surface area contributed by atoms with Crippen LogP contribution in [-0.4, -0.2) is 92.8 Å². The Labute approximate surface area is 318 Å². The van der Waals surface area contributed by atoms with Crippen molar-refractivity contribution in [2.45, 2.75) is 70.8 Å². The first-order valence-corrected chi connectivity index (χ1v) is 19.5. The first-order valence-electron chi connectivity index (χ1n) is 19.5. The Kier molecular flexibility index (Phi) is 21.5. The number of piperazine rings is 1. The van der Waals surface area contributed by atoms with Gasteiger partial charge in [0.15, 0.2) is 11.4 Å². The molecule has 1 atom stereocenters. The summed E-state index contributed by atoms with van der Waals surface area (Å²) in [6.07, 6.45) is 34.4. The summed E-state index contributed by atoms with van der Waals surface area (Å²) in [5.74, 6) is -0.574. The van der Waals surface area contributed by atoms with Crippen LogP contribution in [0.25, 0.3) is 0 Å². The van der Waals surface area contributed by atoms with Crippen molar-refractivity contribution in [2.24, 2.45) is 0 Å². The van der Waals surface area contributed by atoms with E-state index in [1.165, 1.54) is 6.08 Å². The average Bonchev–Trinajstić information content (AvgIpc) is 3.49. The maximum atomic E-state index is 12.9. The van der Waals surface area contributed by atoms with Gasteiger partial charge in [0.1, 0.15) is 0 Å². The fraction of sp³-hybridized carbons (Fsp3) is 0.477. The number of rotatable bonds is 25. The lowest BCUT2D eigenvalue weighted by molar-refractivity contribution is -0.132. The quantitative estimate of drug-likeness (QED) is 0.102. The lowest BCUT2D eigenvalue weighted by Gasteiger charge is -2.30. The summed E-state index contributed by atoms with van der Waals surface area (Å²) in [6, 6.07) is 9.22. The van der Waals surface area contributed by atoms with E-state index in [4.69, 9.17) is 4.74 Å². The Balaban J connectivity index is 1.29. The second-order valence-electron chi connectivity index (χ2n) is 13.4. The van der Waals surface area contributed by atoms with Gasteiger partial charge in [-0.25, -0.2) is 0 Å². The summed E-state index contributed by atoms with van der Waals surface area (Å²) >= 11 is 0. The number of nitrogens with one attached hydrogen (secondary N) is 3. The van der Waals surface area contributed by atoms with E-state index in [2.05, 4.69) is 106 Å². The maximum Gasteiger partial charge on any atom is 0.286 e. The van der Waals surface area contributed by atoms with E-state index in [9.17, 15) is 14.4 Å². The molecule has 0 bridgehead atoms. The van der Waals surface area contributed by atoms with Gasteiger partial charge >= 0.3 is 0 Å². The highest BCUT2D eigenvalue weighted by Crippen LogP contribution is 2.34. The predicted molar refractivity (Wildman–Crippen MR) is 217 cm³/mol. The molecule has 2 heterocycles. The predicted octanol–water partition coefficient (Wildman–Crippen LogP) is 6.30. The summed E-state index contributed by atoms with van der Waals surface area (Å²) in [5.41, 5.74) is -0.490. The van der Waals surface area contributed by atoms with Crippen LogP contribution in [0.15, 0.2) is 115 Å². The molecule has 1 aromatic carbocycles. The van der Waals surface area contributed by atoms with Crippen LogP contribution in [0.3, 0.4) is 0 Å². The van der Waals surface area contributed by atoms with Gasteiger partial charge in [-0.1, -0.05) is 110 Å². The molecule has 0 aromatic heterocycles. The molecule has 288 valence electrons. The number of carbonyl (C=O) groups is 3. The van der Waals surface area contributed by atoms with Gasteiger partial charge in [0.25, 0.3) is 5.91 Å². The Hall–Kier alpha value is -4.31. The number of hydrogen-bond acceptors (Lipinski definition) is 7. The first kappa shape index (κ1) is 43.1. The molecule has 0 aliphatic carbocycles. The van der Waals surface area contributed by atoms with Crippen LogP contribution >= 0.6 is 0 Å². The van der Waals surface area contributed by atoms with Gasteiger partial charge in [0, 0.05) is 83.5 Å². The summed E-state index contributed by atoms with van der Waals surface area (Å²) in [6.45, 7) is 11.8. The Morgan fingerprint density at radius 3 is 1.92 bits per heavy atom. The number of carbonyl (C=O) groups excluding carboxylic acids is 3. The Bertz CT molecular complexity index is 1440.